The lowest BCUT2D eigenvalue weighted by molar-refractivity contribution is 0.00578. The van der Waals surface area contributed by atoms with Crippen LogP contribution in [-0.4, -0.2) is 18.3 Å². The minimum absolute atomic E-state index is 0.348. The van der Waals surface area contributed by atoms with E-state index in [0.29, 0.717) is 5.92 Å². The monoisotopic (exact) mass is 269 g/mol. The largest absolute Gasteiger partial charge is 0.494 e. The second-order valence-corrected chi connectivity index (χ2v) is 6.82. The molecule has 0 atom stereocenters. The molecule has 3 nitrogen and oxygen atoms in total. The number of nitriles is 1. The van der Waals surface area contributed by atoms with Gasteiger partial charge in [-0.3, -0.25) is 0 Å². The van der Waals surface area contributed by atoms with Crippen molar-refractivity contribution in [1.29, 1.82) is 5.26 Å². The molecule has 0 bridgehead atoms. The Morgan fingerprint density at radius 3 is 2.25 bits per heavy atom. The molecule has 1 aliphatic heterocycles. The summed E-state index contributed by atoms with van der Waals surface area (Å²) in [6.07, 6.45) is 2.40. The molecule has 1 aliphatic carbocycles. The maximum atomic E-state index is 9.34. The Morgan fingerprint density at radius 1 is 1.15 bits per heavy atom. The fraction of sp³-hybridized carbons (Fsp3) is 0.562. The van der Waals surface area contributed by atoms with Crippen LogP contribution in [0.5, 0.6) is 0 Å². The summed E-state index contributed by atoms with van der Waals surface area (Å²) in [7, 11) is -0.389. The van der Waals surface area contributed by atoms with E-state index in [0.717, 1.165) is 11.0 Å². The molecule has 0 radical (unpaired) electrons. The van der Waals surface area contributed by atoms with E-state index in [9.17, 15) is 5.26 Å². The number of benzene rings is 1. The third kappa shape index (κ3) is 2.15. The summed E-state index contributed by atoms with van der Waals surface area (Å²) >= 11 is 0. The first-order valence-electron chi connectivity index (χ1n) is 7.24. The van der Waals surface area contributed by atoms with Gasteiger partial charge in [-0.25, -0.2) is 0 Å². The summed E-state index contributed by atoms with van der Waals surface area (Å²) in [5.74, 6) is 0.581. The highest BCUT2D eigenvalue weighted by molar-refractivity contribution is 6.62. The fourth-order valence-electron chi connectivity index (χ4n) is 2.55. The van der Waals surface area contributed by atoms with E-state index in [2.05, 4.69) is 12.1 Å². The lowest BCUT2D eigenvalue weighted by Crippen LogP contribution is -2.41. The summed E-state index contributed by atoms with van der Waals surface area (Å²) in [6, 6.07) is 8.34. The molecule has 1 saturated carbocycles. The maximum Gasteiger partial charge on any atom is 0.494 e. The van der Waals surface area contributed by atoms with Crippen LogP contribution in [0.2, 0.25) is 0 Å². The molecule has 1 saturated heterocycles. The van der Waals surface area contributed by atoms with Gasteiger partial charge in [0.1, 0.15) is 0 Å². The standard InChI is InChI=1S/C16H20BNO2/c1-15(2)16(3,4)20-17(19-15)13-7-8-14(11-5-6-11)12(9-13)10-18/h7-9,11H,5-6H2,1-4H3. The van der Waals surface area contributed by atoms with Crippen LogP contribution in [0, 0.1) is 11.3 Å². The minimum Gasteiger partial charge on any atom is -0.399 e. The summed E-state index contributed by atoms with van der Waals surface area (Å²) in [5.41, 5.74) is 2.18. The molecule has 3 rings (SSSR count). The van der Waals surface area contributed by atoms with Crippen LogP contribution in [0.25, 0.3) is 0 Å². The van der Waals surface area contributed by atoms with Crippen molar-refractivity contribution in [2.24, 2.45) is 0 Å². The highest BCUT2D eigenvalue weighted by Crippen LogP contribution is 2.41. The molecular weight excluding hydrogens is 249 g/mol. The number of nitrogens with zero attached hydrogens (tertiary/aromatic N) is 1. The van der Waals surface area contributed by atoms with Crippen LogP contribution in [0.1, 0.15) is 57.6 Å². The molecule has 4 heteroatoms. The molecule has 1 aromatic rings. The predicted molar refractivity (Wildman–Crippen MR) is 78.8 cm³/mol. The van der Waals surface area contributed by atoms with Gasteiger partial charge in [0.2, 0.25) is 0 Å². The maximum absolute atomic E-state index is 9.34. The second-order valence-electron chi connectivity index (χ2n) is 6.82. The molecule has 1 heterocycles. The normalized spacial score (nSPS) is 23.6. The topological polar surface area (TPSA) is 42.2 Å². The van der Waals surface area contributed by atoms with E-state index >= 15 is 0 Å². The SMILES string of the molecule is CC1(C)OB(c2ccc(C3CC3)c(C#N)c2)OC1(C)C. The van der Waals surface area contributed by atoms with Gasteiger partial charge in [0.15, 0.2) is 0 Å². The molecule has 2 aliphatic rings. The molecule has 1 aromatic carbocycles. The molecule has 20 heavy (non-hydrogen) atoms. The molecule has 0 unspecified atom stereocenters. The van der Waals surface area contributed by atoms with Crippen molar-refractivity contribution in [3.8, 4) is 6.07 Å². The van der Waals surface area contributed by atoms with E-state index in [1.165, 1.54) is 18.4 Å². The van der Waals surface area contributed by atoms with Crippen molar-refractivity contribution in [2.45, 2.75) is 57.7 Å². The van der Waals surface area contributed by atoms with Crippen molar-refractivity contribution < 1.29 is 9.31 Å². The molecule has 0 amide bonds. The molecule has 0 N–H and O–H groups in total. The van der Waals surface area contributed by atoms with Crippen molar-refractivity contribution in [3.63, 3.8) is 0 Å². The number of hydrogen-bond donors (Lipinski definition) is 0. The summed E-state index contributed by atoms with van der Waals surface area (Å²) in [4.78, 5) is 0. The van der Waals surface area contributed by atoms with Gasteiger partial charge < -0.3 is 9.31 Å². The lowest BCUT2D eigenvalue weighted by atomic mass is 9.77. The Hall–Kier alpha value is -1.31. The van der Waals surface area contributed by atoms with E-state index in [1.807, 2.05) is 39.8 Å². The molecule has 0 aromatic heterocycles. The Balaban J connectivity index is 1.91. The summed E-state index contributed by atoms with van der Waals surface area (Å²) < 4.78 is 12.1. The average Bonchev–Trinajstić information content (AvgIpc) is 3.17. The first-order chi connectivity index (χ1) is 9.34. The zero-order valence-electron chi connectivity index (χ0n) is 12.6. The van der Waals surface area contributed by atoms with Gasteiger partial charge in [-0.1, -0.05) is 12.1 Å². The predicted octanol–water partition coefficient (Wildman–Crippen LogP) is 2.73. The van der Waals surface area contributed by atoms with Crippen LogP contribution in [-0.2, 0) is 9.31 Å². The van der Waals surface area contributed by atoms with Crippen molar-refractivity contribution in [2.75, 3.05) is 0 Å². The Labute approximate surface area is 121 Å². The van der Waals surface area contributed by atoms with E-state index in [1.54, 1.807) is 0 Å². The van der Waals surface area contributed by atoms with Crippen LogP contribution >= 0.6 is 0 Å². The van der Waals surface area contributed by atoms with Gasteiger partial charge in [0.05, 0.1) is 22.8 Å². The van der Waals surface area contributed by atoms with Gasteiger partial charge in [0, 0.05) is 0 Å². The van der Waals surface area contributed by atoms with Gasteiger partial charge in [-0.05, 0) is 63.5 Å². The van der Waals surface area contributed by atoms with E-state index in [4.69, 9.17) is 9.31 Å². The van der Waals surface area contributed by atoms with Crippen molar-refractivity contribution in [1.82, 2.24) is 0 Å². The number of hydrogen-bond acceptors (Lipinski definition) is 3. The molecule has 104 valence electrons. The number of rotatable bonds is 2. The fourth-order valence-corrected chi connectivity index (χ4v) is 2.55. The van der Waals surface area contributed by atoms with Crippen LogP contribution in [0.4, 0.5) is 0 Å². The van der Waals surface area contributed by atoms with Crippen molar-refractivity contribution >= 4 is 12.6 Å². The second kappa shape index (κ2) is 4.34. The van der Waals surface area contributed by atoms with Crippen LogP contribution in [0.15, 0.2) is 18.2 Å². The van der Waals surface area contributed by atoms with E-state index < -0.39 is 0 Å². The first-order valence-corrected chi connectivity index (χ1v) is 7.24. The smallest absolute Gasteiger partial charge is 0.399 e. The molecule has 0 spiro atoms. The zero-order valence-corrected chi connectivity index (χ0v) is 12.6. The average molecular weight is 269 g/mol. The lowest BCUT2D eigenvalue weighted by Gasteiger charge is -2.32. The quantitative estimate of drug-likeness (QED) is 0.775. The summed E-state index contributed by atoms with van der Waals surface area (Å²) in [5, 5.41) is 9.34. The van der Waals surface area contributed by atoms with Gasteiger partial charge in [0.25, 0.3) is 0 Å². The minimum atomic E-state index is -0.389. The zero-order chi connectivity index (χ0) is 14.5. The van der Waals surface area contributed by atoms with Gasteiger partial charge in [-0.2, -0.15) is 5.26 Å². The van der Waals surface area contributed by atoms with Gasteiger partial charge in [-0.15, -0.1) is 0 Å². The highest BCUT2D eigenvalue weighted by atomic mass is 16.7. The highest BCUT2D eigenvalue weighted by Gasteiger charge is 2.51. The Bertz CT molecular complexity index is 569. The Morgan fingerprint density at radius 2 is 1.75 bits per heavy atom. The first kappa shape index (κ1) is 13.7. The molecule has 2 fully saturated rings. The van der Waals surface area contributed by atoms with Crippen molar-refractivity contribution in [3.05, 3.63) is 29.3 Å². The summed E-state index contributed by atoms with van der Waals surface area (Å²) in [6.45, 7) is 8.15. The van der Waals surface area contributed by atoms with Crippen LogP contribution in [0.3, 0.4) is 0 Å². The molecular formula is C16H20BNO2. The van der Waals surface area contributed by atoms with Gasteiger partial charge >= 0.3 is 7.12 Å². The Kier molecular flexibility index (Phi) is 2.97. The third-order valence-corrected chi connectivity index (χ3v) is 4.74. The van der Waals surface area contributed by atoms with Crippen LogP contribution < -0.4 is 5.46 Å². The van der Waals surface area contributed by atoms with E-state index in [-0.39, 0.29) is 18.3 Å². The third-order valence-electron chi connectivity index (χ3n) is 4.74.